The Hall–Kier alpha value is -3.29. The number of rotatable bonds is 5. The molecule has 2 aromatic carbocycles. The van der Waals surface area contributed by atoms with Crippen LogP contribution in [-0.2, 0) is 4.74 Å². The van der Waals surface area contributed by atoms with Gasteiger partial charge in [-0.25, -0.2) is 17.9 Å². The molecule has 3 N–H and O–H groups in total. The fourth-order valence-corrected chi connectivity index (χ4v) is 4.41. The molecule has 0 amide bonds. The first-order chi connectivity index (χ1) is 17.3. The van der Waals surface area contributed by atoms with Crippen molar-refractivity contribution in [2.24, 2.45) is 0 Å². The van der Waals surface area contributed by atoms with Crippen molar-refractivity contribution < 1.29 is 37.8 Å². The van der Waals surface area contributed by atoms with Crippen molar-refractivity contribution >= 4 is 11.6 Å². The van der Waals surface area contributed by atoms with E-state index in [0.29, 0.717) is 16.1 Å². The van der Waals surface area contributed by atoms with Crippen molar-refractivity contribution in [3.05, 3.63) is 77.0 Å². The summed E-state index contributed by atoms with van der Waals surface area (Å²) in [6.07, 6.45) is -2.70. The summed E-state index contributed by atoms with van der Waals surface area (Å²) >= 11 is 6.09. The molecule has 0 aliphatic carbocycles. The Bertz CT molecular complexity index is 1380. The highest BCUT2D eigenvalue weighted by atomic mass is 35.5. The van der Waals surface area contributed by atoms with Crippen LogP contribution in [0.3, 0.4) is 0 Å². The fraction of sp³-hybridized carbons (Fsp3) is 0.261. The summed E-state index contributed by atoms with van der Waals surface area (Å²) in [4.78, 5) is 0. The van der Waals surface area contributed by atoms with Gasteiger partial charge in [-0.1, -0.05) is 34.1 Å². The molecule has 5 atom stereocenters. The quantitative estimate of drug-likeness (QED) is 0.341. The molecule has 13 heteroatoms. The number of aromatic nitrogens is 4. The Morgan fingerprint density at radius 2 is 1.78 bits per heavy atom. The summed E-state index contributed by atoms with van der Waals surface area (Å²) in [5, 5.41) is 43.9. The van der Waals surface area contributed by atoms with E-state index in [4.69, 9.17) is 20.9 Å². The first kappa shape index (κ1) is 24.4. The van der Waals surface area contributed by atoms with Crippen LogP contribution in [0.25, 0.3) is 22.4 Å². The highest BCUT2D eigenvalue weighted by molar-refractivity contribution is 6.30. The minimum absolute atomic E-state index is 0.0462. The highest BCUT2D eigenvalue weighted by Gasteiger charge is 2.48. The number of halogens is 4. The number of hydrogen-bond donors (Lipinski definition) is 3. The second kappa shape index (κ2) is 9.64. The van der Waals surface area contributed by atoms with Gasteiger partial charge >= 0.3 is 0 Å². The molecular formula is C23H18ClF3N4O5. The summed E-state index contributed by atoms with van der Waals surface area (Å²) < 4.78 is 53.0. The van der Waals surface area contributed by atoms with Crippen LogP contribution in [0.4, 0.5) is 13.2 Å². The van der Waals surface area contributed by atoms with Crippen LogP contribution >= 0.6 is 11.6 Å². The Labute approximate surface area is 206 Å². The molecule has 9 nitrogen and oxygen atoms in total. The molecule has 0 saturated carbocycles. The van der Waals surface area contributed by atoms with E-state index < -0.39 is 54.5 Å². The van der Waals surface area contributed by atoms with Gasteiger partial charge in [-0.2, -0.15) is 0 Å². The van der Waals surface area contributed by atoms with Gasteiger partial charge in [0.1, 0.15) is 36.2 Å². The lowest BCUT2D eigenvalue weighted by Crippen LogP contribution is -2.52. The van der Waals surface area contributed by atoms with E-state index in [9.17, 15) is 28.5 Å². The Morgan fingerprint density at radius 1 is 1.03 bits per heavy atom. The number of aliphatic hydroxyl groups excluding tert-OH is 3. The molecule has 1 aliphatic heterocycles. The maximum Gasteiger partial charge on any atom is 0.194 e. The molecule has 0 bridgehead atoms. The zero-order chi connectivity index (χ0) is 25.6. The van der Waals surface area contributed by atoms with Crippen LogP contribution in [0.1, 0.15) is 17.9 Å². The maximum atomic E-state index is 13.7. The Kier molecular flexibility index (Phi) is 6.53. The van der Waals surface area contributed by atoms with Crippen molar-refractivity contribution in [3.63, 3.8) is 0 Å². The van der Waals surface area contributed by atoms with Crippen molar-refractivity contribution in [1.82, 2.24) is 20.2 Å². The predicted molar refractivity (Wildman–Crippen MR) is 118 cm³/mol. The summed E-state index contributed by atoms with van der Waals surface area (Å²) in [6, 6.07) is 7.07. The SMILES string of the molecule is OC[C@H]1O[C@@H](c2oncc2-c2cccc(Cl)c2)[C@H](O)[C@@H](n2cc(-c3cc(F)c(F)c(F)c3)nn2)[C@H]1O. The van der Waals surface area contributed by atoms with Crippen molar-refractivity contribution in [2.45, 2.75) is 30.5 Å². The molecule has 2 aromatic heterocycles. The van der Waals surface area contributed by atoms with Gasteiger partial charge in [0.25, 0.3) is 0 Å². The lowest BCUT2D eigenvalue weighted by molar-refractivity contribution is -0.213. The lowest BCUT2D eigenvalue weighted by atomic mass is 9.89. The molecule has 1 fully saturated rings. The van der Waals surface area contributed by atoms with Gasteiger partial charge in [0.2, 0.25) is 0 Å². The number of benzene rings is 2. The van der Waals surface area contributed by atoms with Gasteiger partial charge in [-0.15, -0.1) is 5.10 Å². The predicted octanol–water partition coefficient (Wildman–Crippen LogP) is 3.07. The van der Waals surface area contributed by atoms with Crippen LogP contribution < -0.4 is 0 Å². The number of ether oxygens (including phenoxy) is 1. The normalized spacial score (nSPS) is 24.2. The second-order valence-corrected chi connectivity index (χ2v) is 8.64. The molecule has 0 unspecified atom stereocenters. The largest absolute Gasteiger partial charge is 0.394 e. The Morgan fingerprint density at radius 3 is 2.47 bits per heavy atom. The third-order valence-electron chi connectivity index (χ3n) is 5.98. The molecule has 36 heavy (non-hydrogen) atoms. The monoisotopic (exact) mass is 522 g/mol. The minimum Gasteiger partial charge on any atom is -0.394 e. The van der Waals surface area contributed by atoms with Crippen LogP contribution in [-0.4, -0.2) is 60.4 Å². The van der Waals surface area contributed by atoms with Gasteiger partial charge in [0.15, 0.2) is 23.2 Å². The molecule has 3 heterocycles. The fourth-order valence-electron chi connectivity index (χ4n) is 4.22. The average molecular weight is 523 g/mol. The van der Waals surface area contributed by atoms with E-state index in [1.165, 1.54) is 12.4 Å². The number of nitrogens with zero attached hydrogens (tertiary/aromatic N) is 4. The summed E-state index contributed by atoms with van der Waals surface area (Å²) in [5.74, 6) is -4.34. The van der Waals surface area contributed by atoms with E-state index in [1.807, 2.05) is 0 Å². The number of aliphatic hydroxyl groups is 3. The molecule has 1 aliphatic rings. The zero-order valence-corrected chi connectivity index (χ0v) is 18.9. The molecule has 188 valence electrons. The summed E-state index contributed by atoms with van der Waals surface area (Å²) in [7, 11) is 0. The third kappa shape index (κ3) is 4.27. The lowest BCUT2D eigenvalue weighted by Gasteiger charge is -2.41. The number of hydrogen-bond acceptors (Lipinski definition) is 8. The minimum atomic E-state index is -1.63. The first-order valence-electron chi connectivity index (χ1n) is 10.7. The van der Waals surface area contributed by atoms with Gasteiger partial charge in [0.05, 0.1) is 19.0 Å². The topological polar surface area (TPSA) is 127 Å². The molecule has 0 radical (unpaired) electrons. The third-order valence-corrected chi connectivity index (χ3v) is 6.22. The molecule has 4 aromatic rings. The van der Waals surface area contributed by atoms with Crippen molar-refractivity contribution in [3.8, 4) is 22.4 Å². The van der Waals surface area contributed by atoms with Gasteiger partial charge < -0.3 is 24.6 Å². The van der Waals surface area contributed by atoms with E-state index in [0.717, 1.165) is 16.8 Å². The Balaban J connectivity index is 1.52. The molecule has 0 spiro atoms. The standard InChI is InChI=1S/C23H18ClF3N4O5/c24-12-3-1-2-10(4-12)13-7-28-36-22(13)23-21(34)19(20(33)17(9-32)35-23)31-8-16(29-30-31)11-5-14(25)18(27)15(26)6-11/h1-8,17,19-21,23,32-34H,9H2/t17-,19+,20+,21-,23-/m1/s1. The van der Waals surface area contributed by atoms with E-state index in [-0.39, 0.29) is 17.0 Å². The van der Waals surface area contributed by atoms with Crippen molar-refractivity contribution in [2.75, 3.05) is 6.61 Å². The summed E-state index contributed by atoms with van der Waals surface area (Å²) in [6.45, 7) is -0.614. The van der Waals surface area contributed by atoms with E-state index in [2.05, 4.69) is 15.5 Å². The van der Waals surface area contributed by atoms with Crippen LogP contribution in [0.5, 0.6) is 0 Å². The summed E-state index contributed by atoms with van der Waals surface area (Å²) in [5.41, 5.74) is 0.934. The van der Waals surface area contributed by atoms with Crippen LogP contribution in [0.15, 0.2) is 53.3 Å². The zero-order valence-electron chi connectivity index (χ0n) is 18.2. The molecular weight excluding hydrogens is 505 g/mol. The van der Waals surface area contributed by atoms with Crippen LogP contribution in [0.2, 0.25) is 5.02 Å². The van der Waals surface area contributed by atoms with Gasteiger partial charge in [-0.3, -0.25) is 0 Å². The van der Waals surface area contributed by atoms with Gasteiger partial charge in [-0.05, 0) is 29.8 Å². The molecule has 5 rings (SSSR count). The van der Waals surface area contributed by atoms with Crippen molar-refractivity contribution in [1.29, 1.82) is 0 Å². The first-order valence-corrected chi connectivity index (χ1v) is 11.1. The van der Waals surface area contributed by atoms with E-state index >= 15 is 0 Å². The molecule has 1 saturated heterocycles. The average Bonchev–Trinajstić information content (AvgIpc) is 3.53. The van der Waals surface area contributed by atoms with Crippen LogP contribution in [0, 0.1) is 17.5 Å². The smallest absolute Gasteiger partial charge is 0.194 e. The van der Waals surface area contributed by atoms with E-state index in [1.54, 1.807) is 24.3 Å². The second-order valence-electron chi connectivity index (χ2n) is 8.20. The highest BCUT2D eigenvalue weighted by Crippen LogP contribution is 2.42. The maximum absolute atomic E-state index is 13.7. The van der Waals surface area contributed by atoms with Gasteiger partial charge in [0, 0.05) is 16.1 Å².